The highest BCUT2D eigenvalue weighted by molar-refractivity contribution is 7.15. The number of hydrogen-bond acceptors (Lipinski definition) is 8. The number of thiazole rings is 1. The number of rotatable bonds is 7. The Labute approximate surface area is 209 Å². The minimum atomic E-state index is -0.939. The first-order chi connectivity index (χ1) is 17.1. The van der Waals surface area contributed by atoms with Crippen molar-refractivity contribution in [1.82, 2.24) is 20.3 Å². The largest absolute Gasteiger partial charge is 0.497 e. The van der Waals surface area contributed by atoms with Gasteiger partial charge in [0.2, 0.25) is 5.95 Å². The standard InChI is InChI=1S/C27H29N5O2S/c1-18(19-6-4-3-5-7-19)30-26-29-15-12-22(31-26)24-23(20-8-10-21(34-2)11-9-20)32-25(35-24)27(33)13-16-28-17-14-27/h3-12,15,18,28,33H,13-14,16-17H2,1-2H3,(H,29,30,31). The Bertz CT molecular complexity index is 1270. The van der Waals surface area contributed by atoms with Crippen LogP contribution in [0.1, 0.15) is 36.4 Å². The maximum atomic E-state index is 11.4. The van der Waals surface area contributed by atoms with E-state index in [1.807, 2.05) is 48.5 Å². The van der Waals surface area contributed by atoms with E-state index in [1.165, 1.54) is 11.3 Å². The number of nitrogens with one attached hydrogen (secondary N) is 2. The van der Waals surface area contributed by atoms with Crippen molar-refractivity contribution < 1.29 is 9.84 Å². The molecule has 0 saturated carbocycles. The van der Waals surface area contributed by atoms with Crippen LogP contribution in [0.15, 0.2) is 66.9 Å². The predicted molar refractivity (Wildman–Crippen MR) is 140 cm³/mol. The van der Waals surface area contributed by atoms with Crippen molar-refractivity contribution in [2.45, 2.75) is 31.4 Å². The molecule has 1 aliphatic heterocycles. The van der Waals surface area contributed by atoms with Gasteiger partial charge in [-0.25, -0.2) is 15.0 Å². The minimum absolute atomic E-state index is 0.0555. The fourth-order valence-electron chi connectivity index (χ4n) is 4.26. The van der Waals surface area contributed by atoms with Gasteiger partial charge in [0.15, 0.2) is 0 Å². The summed E-state index contributed by atoms with van der Waals surface area (Å²) in [4.78, 5) is 15.2. The molecule has 7 nitrogen and oxygen atoms in total. The van der Waals surface area contributed by atoms with E-state index in [0.717, 1.165) is 51.2 Å². The lowest BCUT2D eigenvalue weighted by atomic mass is 9.93. The summed E-state index contributed by atoms with van der Waals surface area (Å²) in [5.41, 5.74) is 2.75. The maximum absolute atomic E-state index is 11.4. The molecule has 1 saturated heterocycles. The number of anilines is 1. The Morgan fingerprint density at radius 1 is 1.03 bits per heavy atom. The van der Waals surface area contributed by atoms with Gasteiger partial charge in [0.1, 0.15) is 16.4 Å². The number of benzene rings is 2. The zero-order chi connectivity index (χ0) is 24.3. The van der Waals surface area contributed by atoms with Crippen LogP contribution in [-0.4, -0.2) is 40.3 Å². The summed E-state index contributed by atoms with van der Waals surface area (Å²) in [6.07, 6.45) is 3.03. The van der Waals surface area contributed by atoms with E-state index in [0.29, 0.717) is 18.8 Å². The first-order valence-electron chi connectivity index (χ1n) is 11.8. The van der Waals surface area contributed by atoms with Gasteiger partial charge >= 0.3 is 0 Å². The highest BCUT2D eigenvalue weighted by atomic mass is 32.1. The molecule has 3 N–H and O–H groups in total. The number of aliphatic hydroxyl groups is 1. The Hall–Kier alpha value is -3.33. The highest BCUT2D eigenvalue weighted by Crippen LogP contribution is 2.42. The van der Waals surface area contributed by atoms with Gasteiger partial charge in [0.25, 0.3) is 0 Å². The minimum Gasteiger partial charge on any atom is -0.497 e. The van der Waals surface area contributed by atoms with Gasteiger partial charge in [0, 0.05) is 11.8 Å². The van der Waals surface area contributed by atoms with Crippen molar-refractivity contribution in [3.8, 4) is 27.6 Å². The number of nitrogens with zero attached hydrogens (tertiary/aromatic N) is 3. The molecule has 0 spiro atoms. The lowest BCUT2D eigenvalue weighted by Crippen LogP contribution is -2.39. The molecule has 1 unspecified atom stereocenters. The second kappa shape index (κ2) is 10.1. The molecule has 180 valence electrons. The van der Waals surface area contributed by atoms with Gasteiger partial charge < -0.3 is 20.5 Å². The molecule has 2 aromatic heterocycles. The third-order valence-electron chi connectivity index (χ3n) is 6.35. The van der Waals surface area contributed by atoms with Gasteiger partial charge in [0.05, 0.1) is 29.4 Å². The third-order valence-corrected chi connectivity index (χ3v) is 7.62. The molecule has 0 amide bonds. The van der Waals surface area contributed by atoms with Crippen molar-refractivity contribution in [2.24, 2.45) is 0 Å². The molecule has 1 aliphatic rings. The summed E-state index contributed by atoms with van der Waals surface area (Å²) in [5.74, 6) is 1.33. The molecule has 1 atom stereocenters. The van der Waals surface area contributed by atoms with Crippen molar-refractivity contribution in [2.75, 3.05) is 25.5 Å². The quantitative estimate of drug-likeness (QED) is 0.337. The fourth-order valence-corrected chi connectivity index (χ4v) is 5.47. The fraction of sp³-hybridized carbons (Fsp3) is 0.296. The van der Waals surface area contributed by atoms with Crippen molar-refractivity contribution in [3.05, 3.63) is 77.4 Å². The van der Waals surface area contributed by atoms with Crippen molar-refractivity contribution in [3.63, 3.8) is 0 Å². The molecule has 35 heavy (non-hydrogen) atoms. The van der Waals surface area contributed by atoms with Gasteiger partial charge in [-0.15, -0.1) is 11.3 Å². The van der Waals surface area contributed by atoms with E-state index in [2.05, 4.69) is 34.7 Å². The zero-order valence-corrected chi connectivity index (χ0v) is 20.7. The number of piperidine rings is 1. The molecular weight excluding hydrogens is 458 g/mol. The van der Waals surface area contributed by atoms with E-state index in [1.54, 1.807) is 13.3 Å². The molecule has 0 bridgehead atoms. The lowest BCUT2D eigenvalue weighted by Gasteiger charge is -2.30. The summed E-state index contributed by atoms with van der Waals surface area (Å²) in [6, 6.07) is 20.0. The zero-order valence-electron chi connectivity index (χ0n) is 19.9. The van der Waals surface area contributed by atoms with Crippen LogP contribution in [0, 0.1) is 0 Å². The summed E-state index contributed by atoms with van der Waals surface area (Å²) in [6.45, 7) is 3.62. The van der Waals surface area contributed by atoms with Crippen LogP contribution < -0.4 is 15.4 Å². The topological polar surface area (TPSA) is 92.2 Å². The molecule has 8 heteroatoms. The molecule has 2 aromatic carbocycles. The van der Waals surface area contributed by atoms with E-state index in [-0.39, 0.29) is 6.04 Å². The van der Waals surface area contributed by atoms with Crippen LogP contribution in [0.4, 0.5) is 5.95 Å². The number of methoxy groups -OCH3 is 1. The number of ether oxygens (including phenoxy) is 1. The molecule has 0 radical (unpaired) electrons. The monoisotopic (exact) mass is 487 g/mol. The van der Waals surface area contributed by atoms with Crippen LogP contribution in [-0.2, 0) is 5.60 Å². The first kappa shape index (κ1) is 23.4. The van der Waals surface area contributed by atoms with Crippen molar-refractivity contribution in [1.29, 1.82) is 0 Å². The molecule has 0 aliphatic carbocycles. The average molecular weight is 488 g/mol. The molecule has 5 rings (SSSR count). The highest BCUT2D eigenvalue weighted by Gasteiger charge is 2.35. The van der Waals surface area contributed by atoms with Gasteiger partial charge in [-0.1, -0.05) is 30.3 Å². The van der Waals surface area contributed by atoms with Gasteiger partial charge in [-0.3, -0.25) is 0 Å². The maximum Gasteiger partial charge on any atom is 0.223 e. The van der Waals surface area contributed by atoms with Crippen LogP contribution in [0.3, 0.4) is 0 Å². The Morgan fingerprint density at radius 2 is 1.77 bits per heavy atom. The number of aromatic nitrogens is 3. The van der Waals surface area contributed by atoms with Gasteiger partial charge in [-0.05, 0) is 68.8 Å². The summed E-state index contributed by atoms with van der Waals surface area (Å²) in [7, 11) is 1.65. The Morgan fingerprint density at radius 3 is 2.49 bits per heavy atom. The van der Waals surface area contributed by atoms with Crippen molar-refractivity contribution >= 4 is 17.3 Å². The normalized spacial score (nSPS) is 16.0. The SMILES string of the molecule is COc1ccc(-c2nc(C3(O)CCNCC3)sc2-c2ccnc(NC(C)c3ccccc3)n2)cc1. The van der Waals surface area contributed by atoms with Gasteiger partial charge in [-0.2, -0.15) is 0 Å². The van der Waals surface area contributed by atoms with E-state index < -0.39 is 5.60 Å². The summed E-state index contributed by atoms with van der Waals surface area (Å²) in [5, 5.41) is 18.9. The van der Waals surface area contributed by atoms with E-state index in [4.69, 9.17) is 14.7 Å². The van der Waals surface area contributed by atoms with E-state index in [9.17, 15) is 5.11 Å². The second-order valence-electron chi connectivity index (χ2n) is 8.75. The van der Waals surface area contributed by atoms with Crippen LogP contribution in [0.25, 0.3) is 21.8 Å². The molecule has 3 heterocycles. The molecular formula is C27H29N5O2S. The van der Waals surface area contributed by atoms with Crippen LogP contribution in [0.2, 0.25) is 0 Å². The Kier molecular flexibility index (Phi) is 6.77. The molecule has 1 fully saturated rings. The first-order valence-corrected chi connectivity index (χ1v) is 12.6. The van der Waals surface area contributed by atoms with E-state index >= 15 is 0 Å². The smallest absolute Gasteiger partial charge is 0.223 e. The Balaban J connectivity index is 1.53. The molecule has 4 aromatic rings. The second-order valence-corrected chi connectivity index (χ2v) is 9.75. The number of hydrogen-bond donors (Lipinski definition) is 3. The summed E-state index contributed by atoms with van der Waals surface area (Å²) < 4.78 is 5.33. The average Bonchev–Trinajstić information content (AvgIpc) is 3.36. The van der Waals surface area contributed by atoms with Crippen LogP contribution >= 0.6 is 11.3 Å². The summed E-state index contributed by atoms with van der Waals surface area (Å²) >= 11 is 1.51. The lowest BCUT2D eigenvalue weighted by molar-refractivity contribution is 0.00582. The van der Waals surface area contributed by atoms with Crippen LogP contribution in [0.5, 0.6) is 5.75 Å². The third kappa shape index (κ3) is 5.05. The predicted octanol–water partition coefficient (Wildman–Crippen LogP) is 5.02.